The minimum atomic E-state index is -0.171. The molecule has 21 heavy (non-hydrogen) atoms. The van der Waals surface area contributed by atoms with E-state index < -0.39 is 0 Å². The predicted octanol–water partition coefficient (Wildman–Crippen LogP) is 1.81. The predicted molar refractivity (Wildman–Crippen MR) is 80.0 cm³/mol. The van der Waals surface area contributed by atoms with Gasteiger partial charge in [0.25, 0.3) is 5.91 Å². The number of amides is 1. The fourth-order valence-corrected chi connectivity index (χ4v) is 1.81. The monoisotopic (exact) mass is 287 g/mol. The molecule has 0 aliphatic rings. The van der Waals surface area contributed by atoms with Crippen molar-refractivity contribution in [1.29, 1.82) is 0 Å². The van der Waals surface area contributed by atoms with Crippen LogP contribution in [-0.4, -0.2) is 44.6 Å². The van der Waals surface area contributed by atoms with Gasteiger partial charge in [-0.05, 0) is 24.1 Å². The third-order valence-corrected chi connectivity index (χ3v) is 3.22. The summed E-state index contributed by atoms with van der Waals surface area (Å²) >= 11 is 0. The molecular formula is C15H21N5O. The van der Waals surface area contributed by atoms with E-state index in [-0.39, 0.29) is 17.1 Å². The lowest BCUT2D eigenvalue weighted by molar-refractivity contribution is 0.0785. The molecule has 0 aromatic carbocycles. The van der Waals surface area contributed by atoms with Crippen molar-refractivity contribution in [2.24, 2.45) is 0 Å². The number of nitrogens with zero attached hydrogens (tertiary/aromatic N) is 4. The van der Waals surface area contributed by atoms with E-state index >= 15 is 0 Å². The van der Waals surface area contributed by atoms with Crippen molar-refractivity contribution < 1.29 is 4.79 Å². The fourth-order valence-electron chi connectivity index (χ4n) is 1.81. The fraction of sp³-hybridized carbons (Fsp3) is 0.467. The average Bonchev–Trinajstić information content (AvgIpc) is 2.95. The number of aromatic amines is 1. The molecule has 0 aliphatic heterocycles. The van der Waals surface area contributed by atoms with Crippen molar-refractivity contribution in [1.82, 2.24) is 25.1 Å². The number of likely N-dealkylation sites (N-methyl/N-ethyl adjacent to an activating group) is 1. The topological polar surface area (TPSA) is 74.8 Å². The Morgan fingerprint density at radius 2 is 1.95 bits per heavy atom. The molecule has 112 valence electrons. The first-order valence-corrected chi connectivity index (χ1v) is 6.95. The van der Waals surface area contributed by atoms with Crippen LogP contribution < -0.4 is 0 Å². The molecule has 0 saturated carbocycles. The minimum Gasteiger partial charge on any atom is -0.339 e. The first-order chi connectivity index (χ1) is 9.88. The van der Waals surface area contributed by atoms with Gasteiger partial charge in [0.1, 0.15) is 5.82 Å². The molecule has 1 amide bonds. The summed E-state index contributed by atoms with van der Waals surface area (Å²) in [5.74, 6) is 0.765. The van der Waals surface area contributed by atoms with Crippen LogP contribution in [0.2, 0.25) is 0 Å². The Balaban J connectivity index is 1.98. The van der Waals surface area contributed by atoms with E-state index in [2.05, 4.69) is 20.2 Å². The van der Waals surface area contributed by atoms with E-state index in [1.807, 2.05) is 32.9 Å². The summed E-state index contributed by atoms with van der Waals surface area (Å²) in [6.07, 6.45) is 4.28. The molecule has 0 atom stereocenters. The summed E-state index contributed by atoms with van der Waals surface area (Å²) in [6.45, 7) is 6.68. The maximum atomic E-state index is 12.3. The molecule has 0 fully saturated rings. The molecule has 6 heteroatoms. The van der Waals surface area contributed by atoms with Gasteiger partial charge < -0.3 is 4.90 Å². The van der Waals surface area contributed by atoms with Gasteiger partial charge in [-0.2, -0.15) is 0 Å². The van der Waals surface area contributed by atoms with Crippen LogP contribution in [0.4, 0.5) is 0 Å². The highest BCUT2D eigenvalue weighted by Gasteiger charge is 2.22. The van der Waals surface area contributed by atoms with Crippen molar-refractivity contribution in [3.63, 3.8) is 0 Å². The van der Waals surface area contributed by atoms with Crippen molar-refractivity contribution >= 4 is 5.91 Å². The third kappa shape index (κ3) is 3.87. The van der Waals surface area contributed by atoms with Crippen LogP contribution in [0.1, 0.15) is 42.8 Å². The van der Waals surface area contributed by atoms with Crippen molar-refractivity contribution in [2.75, 3.05) is 13.6 Å². The van der Waals surface area contributed by atoms with Crippen LogP contribution in [0.5, 0.6) is 0 Å². The zero-order valence-electron chi connectivity index (χ0n) is 12.9. The molecule has 2 rings (SSSR count). The van der Waals surface area contributed by atoms with Gasteiger partial charge in [-0.15, -0.1) is 5.10 Å². The Labute approximate surface area is 124 Å². The van der Waals surface area contributed by atoms with E-state index in [1.165, 1.54) is 0 Å². The summed E-state index contributed by atoms with van der Waals surface area (Å²) in [4.78, 5) is 22.2. The molecule has 1 N–H and O–H groups in total. The number of aromatic nitrogens is 4. The van der Waals surface area contributed by atoms with E-state index in [9.17, 15) is 4.79 Å². The number of hydrogen-bond acceptors (Lipinski definition) is 4. The van der Waals surface area contributed by atoms with Gasteiger partial charge in [0.15, 0.2) is 0 Å². The number of carbonyl (C=O) groups excluding carboxylic acids is 1. The van der Waals surface area contributed by atoms with Crippen molar-refractivity contribution in [3.8, 4) is 0 Å². The number of pyridine rings is 1. The molecule has 0 aliphatic carbocycles. The number of carbonyl (C=O) groups is 1. The first-order valence-electron chi connectivity index (χ1n) is 6.95. The lowest BCUT2D eigenvalue weighted by Gasteiger charge is -2.15. The Bertz CT molecular complexity index is 600. The van der Waals surface area contributed by atoms with Gasteiger partial charge >= 0.3 is 0 Å². The smallest absolute Gasteiger partial charge is 0.293 e. The lowest BCUT2D eigenvalue weighted by Crippen LogP contribution is -2.29. The van der Waals surface area contributed by atoms with Gasteiger partial charge in [-0.1, -0.05) is 20.8 Å². The highest BCUT2D eigenvalue weighted by atomic mass is 16.2. The summed E-state index contributed by atoms with van der Waals surface area (Å²) in [6, 6.07) is 3.89. The van der Waals surface area contributed by atoms with Gasteiger partial charge in [0.2, 0.25) is 5.82 Å². The molecular weight excluding hydrogens is 266 g/mol. The van der Waals surface area contributed by atoms with Crippen LogP contribution in [0.15, 0.2) is 24.5 Å². The summed E-state index contributed by atoms with van der Waals surface area (Å²) in [5.41, 5.74) is 0.997. The van der Waals surface area contributed by atoms with Crippen LogP contribution in [0.25, 0.3) is 0 Å². The van der Waals surface area contributed by atoms with Gasteiger partial charge in [0.05, 0.1) is 0 Å². The largest absolute Gasteiger partial charge is 0.339 e. The summed E-state index contributed by atoms with van der Waals surface area (Å²) in [7, 11) is 1.76. The Morgan fingerprint density at radius 1 is 1.29 bits per heavy atom. The quantitative estimate of drug-likeness (QED) is 0.930. The number of nitrogens with one attached hydrogen (secondary N) is 1. The van der Waals surface area contributed by atoms with Gasteiger partial charge in [-0.25, -0.2) is 4.98 Å². The first kappa shape index (κ1) is 15.2. The van der Waals surface area contributed by atoms with Gasteiger partial charge in [0, 0.05) is 31.4 Å². The third-order valence-electron chi connectivity index (χ3n) is 3.22. The highest BCUT2D eigenvalue weighted by molar-refractivity contribution is 5.90. The molecule has 0 unspecified atom stereocenters. The summed E-state index contributed by atoms with van der Waals surface area (Å²) < 4.78 is 0. The molecule has 0 saturated heterocycles. The molecule has 0 radical (unpaired) electrons. The maximum Gasteiger partial charge on any atom is 0.293 e. The molecule has 6 nitrogen and oxygen atoms in total. The molecule has 2 heterocycles. The number of hydrogen-bond donors (Lipinski definition) is 1. The van der Waals surface area contributed by atoms with Crippen LogP contribution in [0, 0.1) is 0 Å². The average molecular weight is 287 g/mol. The second-order valence-electron chi connectivity index (χ2n) is 6.09. The van der Waals surface area contributed by atoms with E-state index in [4.69, 9.17) is 0 Å². The van der Waals surface area contributed by atoms with Crippen LogP contribution >= 0.6 is 0 Å². The van der Waals surface area contributed by atoms with Crippen LogP contribution in [0.3, 0.4) is 0 Å². The van der Waals surface area contributed by atoms with Crippen molar-refractivity contribution in [2.45, 2.75) is 32.6 Å². The molecule has 2 aromatic heterocycles. The Morgan fingerprint density at radius 3 is 2.52 bits per heavy atom. The SMILES string of the molecule is CN(CCc1ccncc1)C(=O)c1n[nH]c(C(C)(C)C)n1. The molecule has 0 bridgehead atoms. The normalized spacial score (nSPS) is 11.4. The molecule has 2 aromatic rings. The standard InChI is InChI=1S/C15H21N5O/c1-15(2,3)14-17-12(18-19-14)13(21)20(4)10-7-11-5-8-16-9-6-11/h5-6,8-9H,7,10H2,1-4H3,(H,17,18,19). The lowest BCUT2D eigenvalue weighted by atomic mass is 9.96. The maximum absolute atomic E-state index is 12.3. The number of H-pyrrole nitrogens is 1. The second-order valence-corrected chi connectivity index (χ2v) is 6.09. The van der Waals surface area contributed by atoms with Crippen molar-refractivity contribution in [3.05, 3.63) is 41.7 Å². The highest BCUT2D eigenvalue weighted by Crippen LogP contribution is 2.17. The summed E-state index contributed by atoms with van der Waals surface area (Å²) in [5, 5.41) is 6.86. The Hall–Kier alpha value is -2.24. The van der Waals surface area contributed by atoms with E-state index in [1.54, 1.807) is 24.3 Å². The Kier molecular flexibility index (Phi) is 4.35. The zero-order chi connectivity index (χ0) is 15.5. The van der Waals surface area contributed by atoms with E-state index in [0.29, 0.717) is 12.4 Å². The zero-order valence-corrected chi connectivity index (χ0v) is 12.9. The number of rotatable bonds is 4. The minimum absolute atomic E-state index is 0.152. The van der Waals surface area contributed by atoms with E-state index in [0.717, 1.165) is 12.0 Å². The van der Waals surface area contributed by atoms with Gasteiger partial charge in [-0.3, -0.25) is 14.9 Å². The molecule has 0 spiro atoms. The van der Waals surface area contributed by atoms with Crippen LogP contribution in [-0.2, 0) is 11.8 Å². The second kappa shape index (κ2) is 6.03.